The topological polar surface area (TPSA) is 12.5 Å². The largest absolute Gasteiger partial charge is 0.492 e. The van der Waals surface area contributed by atoms with Crippen LogP contribution in [0.5, 0.6) is 5.75 Å². The molecule has 1 aromatic rings. The van der Waals surface area contributed by atoms with Gasteiger partial charge in [-0.2, -0.15) is 0 Å². The fourth-order valence-electron chi connectivity index (χ4n) is 1.16. The van der Waals surface area contributed by atoms with E-state index in [0.717, 1.165) is 23.9 Å². The van der Waals surface area contributed by atoms with Crippen LogP contribution in [0, 0.1) is 0 Å². The number of rotatable bonds is 6. The van der Waals surface area contributed by atoms with Gasteiger partial charge in [0.25, 0.3) is 0 Å². The fourth-order valence-corrected chi connectivity index (χ4v) is 1.37. The number of hydrogen-bond donors (Lipinski definition) is 0. The molecular weight excluding hydrogens is 245 g/mol. The first-order chi connectivity index (χ1) is 7.72. The van der Waals surface area contributed by atoms with Crippen LogP contribution >= 0.6 is 23.2 Å². The number of likely N-dealkylation sites (N-methyl/N-ethyl adjacent to an activating group) is 1. The normalized spacial score (nSPS) is 11.2. The van der Waals surface area contributed by atoms with Crippen LogP contribution in [0.2, 0.25) is 5.02 Å². The lowest BCUT2D eigenvalue weighted by Gasteiger charge is -2.14. The maximum absolute atomic E-state index is 5.77. The Bertz CT molecular complexity index is 324. The number of hydrogen-bond acceptors (Lipinski definition) is 2. The van der Waals surface area contributed by atoms with E-state index in [2.05, 4.69) is 4.90 Å². The molecule has 0 atom stereocenters. The maximum Gasteiger partial charge on any atom is 0.119 e. The molecule has 88 valence electrons. The second-order valence-electron chi connectivity index (χ2n) is 3.43. The van der Waals surface area contributed by atoms with Crippen molar-refractivity contribution < 1.29 is 4.74 Å². The van der Waals surface area contributed by atoms with Crippen molar-refractivity contribution in [3.05, 3.63) is 40.9 Å². The van der Waals surface area contributed by atoms with Crippen LogP contribution < -0.4 is 4.74 Å². The molecule has 0 aliphatic heterocycles. The van der Waals surface area contributed by atoms with Gasteiger partial charge in [0, 0.05) is 23.6 Å². The Morgan fingerprint density at radius 1 is 1.31 bits per heavy atom. The lowest BCUT2D eigenvalue weighted by molar-refractivity contribution is 0.249. The number of ether oxygens (including phenoxy) is 1. The van der Waals surface area contributed by atoms with Crippen molar-refractivity contribution in [3.63, 3.8) is 0 Å². The zero-order chi connectivity index (χ0) is 11.8. The quantitative estimate of drug-likeness (QED) is 0.777. The smallest absolute Gasteiger partial charge is 0.119 e. The summed E-state index contributed by atoms with van der Waals surface area (Å²) in [5, 5.41) is 0.719. The summed E-state index contributed by atoms with van der Waals surface area (Å²) in [6.07, 6.45) is 1.89. The van der Waals surface area contributed by atoms with Crippen LogP contribution in [0.15, 0.2) is 35.9 Å². The van der Waals surface area contributed by atoms with E-state index < -0.39 is 0 Å². The van der Waals surface area contributed by atoms with Crippen molar-refractivity contribution >= 4 is 23.2 Å². The van der Waals surface area contributed by atoms with E-state index in [9.17, 15) is 0 Å². The van der Waals surface area contributed by atoms with Gasteiger partial charge in [0.1, 0.15) is 12.4 Å². The number of benzene rings is 1. The SMILES string of the molecule is CN(C/C=C/Cl)CCOc1ccc(Cl)cc1. The minimum Gasteiger partial charge on any atom is -0.492 e. The van der Waals surface area contributed by atoms with E-state index in [1.54, 1.807) is 0 Å². The molecule has 0 N–H and O–H groups in total. The van der Waals surface area contributed by atoms with Crippen molar-refractivity contribution in [2.75, 3.05) is 26.7 Å². The first-order valence-corrected chi connectivity index (χ1v) is 5.86. The Morgan fingerprint density at radius 2 is 2.00 bits per heavy atom. The van der Waals surface area contributed by atoms with Crippen LogP contribution in [-0.4, -0.2) is 31.6 Å². The van der Waals surface area contributed by atoms with Gasteiger partial charge in [0.15, 0.2) is 0 Å². The summed E-state index contributed by atoms with van der Waals surface area (Å²) in [5.74, 6) is 0.839. The van der Waals surface area contributed by atoms with E-state index in [1.165, 1.54) is 5.54 Å². The first-order valence-electron chi connectivity index (χ1n) is 5.04. The second-order valence-corrected chi connectivity index (χ2v) is 4.11. The molecular formula is C12H15Cl2NO. The zero-order valence-corrected chi connectivity index (χ0v) is 10.7. The molecule has 0 radical (unpaired) electrons. The summed E-state index contributed by atoms with van der Waals surface area (Å²) >= 11 is 11.2. The van der Waals surface area contributed by atoms with Gasteiger partial charge < -0.3 is 4.74 Å². The molecule has 16 heavy (non-hydrogen) atoms. The maximum atomic E-state index is 5.77. The van der Waals surface area contributed by atoms with E-state index >= 15 is 0 Å². The second kappa shape index (κ2) is 7.55. The number of halogens is 2. The highest BCUT2D eigenvalue weighted by Crippen LogP contribution is 2.15. The van der Waals surface area contributed by atoms with E-state index in [0.29, 0.717) is 6.61 Å². The van der Waals surface area contributed by atoms with Crippen molar-refractivity contribution in [3.8, 4) is 5.75 Å². The van der Waals surface area contributed by atoms with Crippen LogP contribution in [0.4, 0.5) is 0 Å². The van der Waals surface area contributed by atoms with Crippen LogP contribution in [0.25, 0.3) is 0 Å². The molecule has 0 aliphatic rings. The fraction of sp³-hybridized carbons (Fsp3) is 0.333. The average molecular weight is 260 g/mol. The van der Waals surface area contributed by atoms with E-state index in [4.69, 9.17) is 27.9 Å². The highest BCUT2D eigenvalue weighted by atomic mass is 35.5. The summed E-state index contributed by atoms with van der Waals surface area (Å²) in [6.45, 7) is 2.32. The minimum atomic E-state index is 0.647. The summed E-state index contributed by atoms with van der Waals surface area (Å²) in [4.78, 5) is 2.12. The van der Waals surface area contributed by atoms with Crippen molar-refractivity contribution in [1.29, 1.82) is 0 Å². The van der Waals surface area contributed by atoms with Crippen molar-refractivity contribution in [2.45, 2.75) is 0 Å². The Labute approximate surface area is 106 Å². The van der Waals surface area contributed by atoms with Crippen molar-refractivity contribution in [2.24, 2.45) is 0 Å². The van der Waals surface area contributed by atoms with Crippen LogP contribution in [0.3, 0.4) is 0 Å². The van der Waals surface area contributed by atoms with Gasteiger partial charge in [-0.05, 0) is 31.3 Å². The van der Waals surface area contributed by atoms with Crippen LogP contribution in [-0.2, 0) is 0 Å². The Morgan fingerprint density at radius 3 is 2.62 bits per heavy atom. The highest BCUT2D eigenvalue weighted by molar-refractivity contribution is 6.30. The molecule has 0 aliphatic carbocycles. The molecule has 1 rings (SSSR count). The summed E-state index contributed by atoms with van der Waals surface area (Å²) in [5.41, 5.74) is 1.52. The van der Waals surface area contributed by atoms with E-state index in [1.807, 2.05) is 37.4 Å². The monoisotopic (exact) mass is 259 g/mol. The molecule has 0 unspecified atom stereocenters. The Kier molecular flexibility index (Phi) is 6.31. The van der Waals surface area contributed by atoms with Gasteiger partial charge in [0.05, 0.1) is 0 Å². The van der Waals surface area contributed by atoms with Gasteiger partial charge in [-0.1, -0.05) is 29.3 Å². The van der Waals surface area contributed by atoms with Gasteiger partial charge in [-0.25, -0.2) is 0 Å². The Balaban J connectivity index is 2.22. The molecule has 0 bridgehead atoms. The van der Waals surface area contributed by atoms with Gasteiger partial charge in [-0.3, -0.25) is 4.90 Å². The third-order valence-corrected chi connectivity index (χ3v) is 2.49. The van der Waals surface area contributed by atoms with Gasteiger partial charge >= 0.3 is 0 Å². The average Bonchev–Trinajstić information content (AvgIpc) is 2.29. The van der Waals surface area contributed by atoms with E-state index in [-0.39, 0.29) is 0 Å². The molecule has 4 heteroatoms. The molecule has 0 aromatic heterocycles. The highest BCUT2D eigenvalue weighted by Gasteiger charge is 1.97. The third kappa shape index (κ3) is 5.40. The zero-order valence-electron chi connectivity index (χ0n) is 9.20. The van der Waals surface area contributed by atoms with Gasteiger partial charge in [0.2, 0.25) is 0 Å². The molecule has 0 amide bonds. The molecule has 0 fully saturated rings. The molecule has 1 aromatic carbocycles. The van der Waals surface area contributed by atoms with Gasteiger partial charge in [-0.15, -0.1) is 0 Å². The molecule has 0 saturated carbocycles. The third-order valence-electron chi connectivity index (χ3n) is 2.06. The standard InChI is InChI=1S/C12H15Cl2NO/c1-15(8-2-7-13)9-10-16-12-5-3-11(14)4-6-12/h2-7H,8-10H2,1H3/b7-2+. The van der Waals surface area contributed by atoms with Crippen LogP contribution in [0.1, 0.15) is 0 Å². The first kappa shape index (κ1) is 13.4. The summed E-state index contributed by atoms with van der Waals surface area (Å²) in [7, 11) is 2.02. The lowest BCUT2D eigenvalue weighted by atomic mass is 10.3. The lowest BCUT2D eigenvalue weighted by Crippen LogP contribution is -2.24. The predicted octanol–water partition coefficient (Wildman–Crippen LogP) is 3.40. The summed E-state index contributed by atoms with van der Waals surface area (Å²) < 4.78 is 5.55. The summed E-state index contributed by atoms with van der Waals surface area (Å²) in [6, 6.07) is 7.36. The minimum absolute atomic E-state index is 0.647. The van der Waals surface area contributed by atoms with Crippen molar-refractivity contribution in [1.82, 2.24) is 4.90 Å². The molecule has 0 saturated heterocycles. The predicted molar refractivity (Wildman–Crippen MR) is 69.4 cm³/mol. The Hall–Kier alpha value is -0.700. The molecule has 0 spiro atoms. The number of nitrogens with zero attached hydrogens (tertiary/aromatic N) is 1. The molecule has 0 heterocycles. The molecule has 2 nitrogen and oxygen atoms in total.